The van der Waals surface area contributed by atoms with Crippen molar-refractivity contribution in [3.8, 4) is 11.5 Å². The average molecular weight is 340 g/mol. The molecule has 0 spiro atoms. The summed E-state index contributed by atoms with van der Waals surface area (Å²) in [4.78, 5) is 38.4. The summed E-state index contributed by atoms with van der Waals surface area (Å²) in [5.74, 6) is 1.42. The van der Waals surface area contributed by atoms with Gasteiger partial charge < -0.3 is 9.88 Å². The zero-order chi connectivity index (χ0) is 18.0. The van der Waals surface area contributed by atoms with E-state index in [2.05, 4.69) is 28.8 Å². The largest absolute Gasteiger partial charge is 0.342 e. The summed E-state index contributed by atoms with van der Waals surface area (Å²) in [5, 5.41) is 0. The molecule has 6 heteroatoms. The number of aromatic nitrogens is 3. The van der Waals surface area contributed by atoms with Crippen molar-refractivity contribution in [2.24, 2.45) is 11.8 Å². The van der Waals surface area contributed by atoms with E-state index in [-0.39, 0.29) is 17.9 Å². The van der Waals surface area contributed by atoms with Gasteiger partial charge in [-0.15, -0.1) is 0 Å². The number of amides is 1. The maximum atomic E-state index is 12.7. The molecule has 3 rings (SSSR count). The van der Waals surface area contributed by atoms with Crippen LogP contribution in [0, 0.1) is 18.8 Å². The lowest BCUT2D eigenvalue weighted by Gasteiger charge is -2.35. The van der Waals surface area contributed by atoms with E-state index in [9.17, 15) is 9.59 Å². The number of hydrogen-bond donors (Lipinski definition) is 1. The molecule has 1 aliphatic heterocycles. The summed E-state index contributed by atoms with van der Waals surface area (Å²) >= 11 is 0. The fraction of sp³-hybridized carbons (Fsp3) is 0.474. The van der Waals surface area contributed by atoms with E-state index in [1.807, 2.05) is 17.0 Å². The van der Waals surface area contributed by atoms with Crippen LogP contribution in [0.5, 0.6) is 0 Å². The number of pyridine rings is 1. The zero-order valence-electron chi connectivity index (χ0n) is 15.0. The van der Waals surface area contributed by atoms with Crippen LogP contribution in [0.2, 0.25) is 0 Å². The number of hydrogen-bond acceptors (Lipinski definition) is 4. The fourth-order valence-corrected chi connectivity index (χ4v) is 3.57. The SMILES string of the molecule is Cc1nc(-c2ccccn2)[nH]c(=O)c1CC(=O)N1C[C@@H](C)C[C@H](C)C1. The molecule has 0 radical (unpaired) electrons. The molecule has 1 N–H and O–H groups in total. The van der Waals surface area contributed by atoms with E-state index >= 15 is 0 Å². The minimum atomic E-state index is -0.264. The molecule has 0 saturated carbocycles. The maximum absolute atomic E-state index is 12.7. The third kappa shape index (κ3) is 3.95. The summed E-state index contributed by atoms with van der Waals surface area (Å²) in [7, 11) is 0. The molecule has 0 aliphatic carbocycles. The van der Waals surface area contributed by atoms with Gasteiger partial charge in [0.25, 0.3) is 5.56 Å². The van der Waals surface area contributed by atoms with Crippen LogP contribution < -0.4 is 5.56 Å². The van der Waals surface area contributed by atoms with Crippen molar-refractivity contribution in [2.45, 2.75) is 33.6 Å². The lowest BCUT2D eigenvalue weighted by Crippen LogP contribution is -2.43. The molecule has 1 saturated heterocycles. The second-order valence-corrected chi connectivity index (χ2v) is 7.12. The predicted octanol–water partition coefficient (Wildman–Crippen LogP) is 2.19. The second kappa shape index (κ2) is 7.17. The molecule has 132 valence electrons. The molecule has 1 fully saturated rings. The van der Waals surface area contributed by atoms with Crippen molar-refractivity contribution in [2.75, 3.05) is 13.1 Å². The lowest BCUT2D eigenvalue weighted by atomic mass is 9.91. The van der Waals surface area contributed by atoms with E-state index in [4.69, 9.17) is 0 Å². The second-order valence-electron chi connectivity index (χ2n) is 7.12. The van der Waals surface area contributed by atoms with Crippen molar-refractivity contribution < 1.29 is 4.79 Å². The first-order chi connectivity index (χ1) is 11.9. The quantitative estimate of drug-likeness (QED) is 0.929. The van der Waals surface area contributed by atoms with Gasteiger partial charge in [0.15, 0.2) is 5.82 Å². The molecule has 0 unspecified atom stereocenters. The first kappa shape index (κ1) is 17.3. The Hall–Kier alpha value is -2.50. The molecule has 1 aliphatic rings. The summed E-state index contributed by atoms with van der Waals surface area (Å²) in [6.45, 7) is 7.62. The average Bonchev–Trinajstić information content (AvgIpc) is 2.57. The molecule has 0 bridgehead atoms. The minimum Gasteiger partial charge on any atom is -0.342 e. The number of H-pyrrole nitrogens is 1. The van der Waals surface area contributed by atoms with E-state index in [1.165, 1.54) is 0 Å². The number of aryl methyl sites for hydroxylation is 1. The number of piperidine rings is 1. The Balaban J connectivity index is 1.81. The monoisotopic (exact) mass is 340 g/mol. The van der Waals surface area contributed by atoms with Gasteiger partial charge in [-0.05, 0) is 37.3 Å². The fourth-order valence-electron chi connectivity index (χ4n) is 3.57. The Bertz CT molecular complexity index is 806. The molecular formula is C19H24N4O2. The van der Waals surface area contributed by atoms with Gasteiger partial charge in [-0.2, -0.15) is 0 Å². The highest BCUT2D eigenvalue weighted by molar-refractivity contribution is 5.79. The summed E-state index contributed by atoms with van der Waals surface area (Å²) in [6.07, 6.45) is 2.89. The van der Waals surface area contributed by atoms with Crippen molar-refractivity contribution in [1.82, 2.24) is 19.9 Å². The molecule has 6 nitrogen and oxygen atoms in total. The van der Waals surface area contributed by atoms with E-state index < -0.39 is 0 Å². The lowest BCUT2D eigenvalue weighted by molar-refractivity contribution is -0.133. The number of nitrogens with one attached hydrogen (secondary N) is 1. The van der Waals surface area contributed by atoms with Crippen LogP contribution >= 0.6 is 0 Å². The van der Waals surface area contributed by atoms with Crippen molar-refractivity contribution >= 4 is 5.91 Å². The van der Waals surface area contributed by atoms with Gasteiger partial charge in [-0.3, -0.25) is 14.6 Å². The first-order valence-corrected chi connectivity index (χ1v) is 8.73. The number of likely N-dealkylation sites (tertiary alicyclic amines) is 1. The van der Waals surface area contributed by atoms with Gasteiger partial charge in [0.2, 0.25) is 5.91 Å². The van der Waals surface area contributed by atoms with Crippen molar-refractivity contribution in [1.29, 1.82) is 0 Å². The van der Waals surface area contributed by atoms with Crippen molar-refractivity contribution in [3.05, 3.63) is 46.0 Å². The molecule has 2 atom stereocenters. The standard InChI is InChI=1S/C19H24N4O2/c1-12-8-13(2)11-23(10-12)17(24)9-15-14(3)21-18(22-19(15)25)16-6-4-5-7-20-16/h4-7,12-13H,8-11H2,1-3H3,(H,21,22,25)/t12-,13-/m0/s1. The molecule has 3 heterocycles. The highest BCUT2D eigenvalue weighted by Crippen LogP contribution is 2.21. The smallest absolute Gasteiger partial charge is 0.255 e. The number of carbonyl (C=O) groups excluding carboxylic acids is 1. The summed E-state index contributed by atoms with van der Waals surface area (Å²) < 4.78 is 0. The van der Waals surface area contributed by atoms with Crippen LogP contribution in [0.25, 0.3) is 11.5 Å². The highest BCUT2D eigenvalue weighted by Gasteiger charge is 2.26. The number of aromatic amines is 1. The van der Waals surface area contributed by atoms with Gasteiger partial charge in [0.1, 0.15) is 5.69 Å². The Morgan fingerprint density at radius 1 is 1.28 bits per heavy atom. The molecule has 0 aromatic carbocycles. The molecular weight excluding hydrogens is 316 g/mol. The minimum absolute atomic E-state index is 0.000568. The van der Waals surface area contributed by atoms with Gasteiger partial charge >= 0.3 is 0 Å². The molecule has 2 aromatic heterocycles. The third-order valence-corrected chi connectivity index (χ3v) is 4.68. The first-order valence-electron chi connectivity index (χ1n) is 8.73. The van der Waals surface area contributed by atoms with Gasteiger partial charge in [0.05, 0.1) is 6.42 Å². The molecule has 25 heavy (non-hydrogen) atoms. The molecule has 1 amide bonds. The van der Waals surface area contributed by atoms with Gasteiger partial charge in [0, 0.05) is 30.5 Å². The van der Waals surface area contributed by atoms with E-state index in [0.29, 0.717) is 34.6 Å². The third-order valence-electron chi connectivity index (χ3n) is 4.68. The molecule has 2 aromatic rings. The highest BCUT2D eigenvalue weighted by atomic mass is 16.2. The van der Waals surface area contributed by atoms with E-state index in [1.54, 1.807) is 19.2 Å². The van der Waals surface area contributed by atoms with Crippen LogP contribution in [0.4, 0.5) is 0 Å². The number of carbonyl (C=O) groups is 1. The van der Waals surface area contributed by atoms with Crippen LogP contribution in [-0.4, -0.2) is 38.8 Å². The summed E-state index contributed by atoms with van der Waals surface area (Å²) in [6, 6.07) is 5.44. The van der Waals surface area contributed by atoms with Crippen LogP contribution in [0.3, 0.4) is 0 Å². The zero-order valence-corrected chi connectivity index (χ0v) is 15.0. The van der Waals surface area contributed by atoms with Gasteiger partial charge in [-0.25, -0.2) is 4.98 Å². The van der Waals surface area contributed by atoms with Crippen LogP contribution in [0.15, 0.2) is 29.2 Å². The Morgan fingerprint density at radius 2 is 2.00 bits per heavy atom. The summed E-state index contributed by atoms with van der Waals surface area (Å²) in [5.41, 5.74) is 1.37. The number of nitrogens with zero attached hydrogens (tertiary/aromatic N) is 3. The maximum Gasteiger partial charge on any atom is 0.255 e. The van der Waals surface area contributed by atoms with E-state index in [0.717, 1.165) is 19.5 Å². The Morgan fingerprint density at radius 3 is 2.60 bits per heavy atom. The number of rotatable bonds is 3. The van der Waals surface area contributed by atoms with Gasteiger partial charge in [-0.1, -0.05) is 19.9 Å². The van der Waals surface area contributed by atoms with Crippen LogP contribution in [-0.2, 0) is 11.2 Å². The Labute approximate surface area is 147 Å². The normalized spacial score (nSPS) is 20.5. The predicted molar refractivity (Wildman–Crippen MR) is 96.1 cm³/mol. The Kier molecular flexibility index (Phi) is 4.97. The topological polar surface area (TPSA) is 79.0 Å². The van der Waals surface area contributed by atoms with Crippen molar-refractivity contribution in [3.63, 3.8) is 0 Å². The van der Waals surface area contributed by atoms with Crippen LogP contribution in [0.1, 0.15) is 31.5 Å².